The molecule has 0 heterocycles. The molecule has 2 atom stereocenters. The van der Waals surface area contributed by atoms with Crippen molar-refractivity contribution in [3.8, 4) is 0 Å². The molecule has 0 aliphatic rings. The molecule has 38 heavy (non-hydrogen) atoms. The highest BCUT2D eigenvalue weighted by atomic mass is 19.4. The van der Waals surface area contributed by atoms with Gasteiger partial charge >= 0.3 is 6.18 Å². The Morgan fingerprint density at radius 2 is 1.66 bits per heavy atom. The number of alkyl halides is 3. The summed E-state index contributed by atoms with van der Waals surface area (Å²) in [5.41, 5.74) is 11.2. The topological polar surface area (TPSA) is 113 Å². The van der Waals surface area contributed by atoms with Gasteiger partial charge in [0.1, 0.15) is 5.82 Å². The number of benzene rings is 2. The number of hydrogen-bond acceptors (Lipinski definition) is 5. The van der Waals surface area contributed by atoms with Crippen molar-refractivity contribution in [1.82, 2.24) is 15.5 Å². The van der Waals surface area contributed by atoms with Crippen LogP contribution in [0.25, 0.3) is 0 Å². The van der Waals surface area contributed by atoms with E-state index in [2.05, 4.69) is 10.6 Å². The Morgan fingerprint density at radius 3 is 2.26 bits per heavy atom. The third-order valence-corrected chi connectivity index (χ3v) is 6.11. The van der Waals surface area contributed by atoms with Gasteiger partial charge in [-0.2, -0.15) is 13.2 Å². The maximum absolute atomic E-state index is 13.6. The fraction of sp³-hybridized carbons (Fsp3) is 0.481. The normalized spacial score (nSPS) is 13.1. The maximum Gasteiger partial charge on any atom is 0.419 e. The van der Waals surface area contributed by atoms with Crippen LogP contribution in [0.3, 0.4) is 0 Å². The molecule has 0 aliphatic carbocycles. The van der Waals surface area contributed by atoms with Crippen LogP contribution in [-0.2, 0) is 28.7 Å². The fourth-order valence-electron chi connectivity index (χ4n) is 4.00. The van der Waals surface area contributed by atoms with E-state index < -0.39 is 23.5 Å². The van der Waals surface area contributed by atoms with Crippen molar-refractivity contribution in [2.75, 3.05) is 32.7 Å². The summed E-state index contributed by atoms with van der Waals surface area (Å²) in [5, 5.41) is 6.03. The summed E-state index contributed by atoms with van der Waals surface area (Å²) >= 11 is 0. The zero-order valence-corrected chi connectivity index (χ0v) is 21.6. The second-order valence-electron chi connectivity index (χ2n) is 9.24. The van der Waals surface area contributed by atoms with Crippen molar-refractivity contribution >= 4 is 11.8 Å². The molecular formula is C27H37F4N5O2. The van der Waals surface area contributed by atoms with Gasteiger partial charge in [-0.15, -0.1) is 0 Å². The number of nitrogens with zero attached hydrogens (tertiary/aromatic N) is 1. The van der Waals surface area contributed by atoms with Crippen molar-refractivity contribution in [2.45, 2.75) is 44.9 Å². The van der Waals surface area contributed by atoms with Gasteiger partial charge in [0, 0.05) is 57.6 Å². The zero-order valence-electron chi connectivity index (χ0n) is 21.6. The van der Waals surface area contributed by atoms with Crippen LogP contribution in [0.15, 0.2) is 48.5 Å². The van der Waals surface area contributed by atoms with E-state index >= 15 is 0 Å². The summed E-state index contributed by atoms with van der Waals surface area (Å²) in [7, 11) is 0. The zero-order chi connectivity index (χ0) is 28.1. The van der Waals surface area contributed by atoms with Crippen LogP contribution in [0.1, 0.15) is 36.5 Å². The van der Waals surface area contributed by atoms with E-state index in [9.17, 15) is 27.2 Å². The lowest BCUT2D eigenvalue weighted by Gasteiger charge is -2.25. The van der Waals surface area contributed by atoms with Crippen molar-refractivity contribution in [2.24, 2.45) is 17.4 Å². The van der Waals surface area contributed by atoms with Gasteiger partial charge in [0.2, 0.25) is 11.8 Å². The predicted molar refractivity (Wildman–Crippen MR) is 138 cm³/mol. The van der Waals surface area contributed by atoms with E-state index in [-0.39, 0.29) is 56.0 Å². The first-order valence-electron chi connectivity index (χ1n) is 12.6. The van der Waals surface area contributed by atoms with Crippen molar-refractivity contribution in [1.29, 1.82) is 0 Å². The summed E-state index contributed by atoms with van der Waals surface area (Å²) < 4.78 is 52.7. The quantitative estimate of drug-likeness (QED) is 0.260. The van der Waals surface area contributed by atoms with E-state index in [0.717, 1.165) is 17.7 Å². The highest BCUT2D eigenvalue weighted by Gasteiger charge is 2.34. The monoisotopic (exact) mass is 539 g/mol. The lowest BCUT2D eigenvalue weighted by molar-refractivity contribution is -0.140. The molecule has 2 amide bonds. The second-order valence-corrected chi connectivity index (χ2v) is 9.24. The summed E-state index contributed by atoms with van der Waals surface area (Å²) in [6.07, 6.45) is -3.56. The molecule has 0 aliphatic heterocycles. The van der Waals surface area contributed by atoms with Crippen LogP contribution in [0, 0.1) is 11.7 Å². The summed E-state index contributed by atoms with van der Waals surface area (Å²) in [5.74, 6) is -2.44. The smallest absolute Gasteiger partial charge is 0.352 e. The van der Waals surface area contributed by atoms with Gasteiger partial charge in [0.05, 0.1) is 5.56 Å². The third-order valence-electron chi connectivity index (χ3n) is 6.11. The lowest BCUT2D eigenvalue weighted by atomic mass is 10.0. The minimum atomic E-state index is -4.79. The minimum absolute atomic E-state index is 0.000462. The number of aryl methyl sites for hydroxylation is 1. The van der Waals surface area contributed by atoms with Gasteiger partial charge in [-0.3, -0.25) is 9.59 Å². The molecule has 0 radical (unpaired) electrons. The minimum Gasteiger partial charge on any atom is -0.352 e. The van der Waals surface area contributed by atoms with Crippen LogP contribution in [0.5, 0.6) is 0 Å². The van der Waals surface area contributed by atoms with E-state index in [1.165, 1.54) is 11.0 Å². The maximum atomic E-state index is 13.6. The fourth-order valence-corrected chi connectivity index (χ4v) is 4.00. The van der Waals surface area contributed by atoms with Gasteiger partial charge in [-0.05, 0) is 36.1 Å². The molecule has 210 valence electrons. The largest absolute Gasteiger partial charge is 0.419 e. The van der Waals surface area contributed by atoms with E-state index in [1.807, 2.05) is 30.3 Å². The Labute approximate surface area is 220 Å². The molecule has 7 nitrogen and oxygen atoms in total. The molecule has 0 saturated heterocycles. The Balaban J connectivity index is 2.02. The molecule has 11 heteroatoms. The Bertz CT molecular complexity index is 1010. The summed E-state index contributed by atoms with van der Waals surface area (Å²) in [4.78, 5) is 27.1. The van der Waals surface area contributed by atoms with E-state index in [1.54, 1.807) is 6.92 Å². The van der Waals surface area contributed by atoms with Crippen LogP contribution in [0.2, 0.25) is 0 Å². The highest BCUT2D eigenvalue weighted by molar-refractivity contribution is 5.85. The Hall–Kier alpha value is -3.02. The number of carbonyl (C=O) groups excluding carboxylic acids is 2. The van der Waals surface area contributed by atoms with Gasteiger partial charge < -0.3 is 27.0 Å². The van der Waals surface area contributed by atoms with E-state index in [4.69, 9.17) is 11.5 Å². The molecule has 2 rings (SSSR count). The first-order chi connectivity index (χ1) is 18.0. The number of rotatable bonds is 15. The molecule has 6 N–H and O–H groups in total. The van der Waals surface area contributed by atoms with E-state index in [0.29, 0.717) is 25.9 Å². The molecule has 0 bridgehead atoms. The van der Waals surface area contributed by atoms with Crippen molar-refractivity contribution < 1.29 is 27.2 Å². The molecule has 2 aromatic carbocycles. The standard InChI is InChI=1S/C27H37F4N5O2/c1-19(15-25(37)36(13-11-32)14-12-33)26(38)35-22(9-7-20-5-3-2-4-6-20)18-34-17-21-8-10-24(28)23(16-21)27(29,30)31/h2-6,8,10,16,19,22,34H,7,9,11-15,17-18,32-33H2,1H3,(H,35,38). The lowest BCUT2D eigenvalue weighted by Crippen LogP contribution is -2.46. The van der Waals surface area contributed by atoms with Crippen LogP contribution < -0.4 is 22.1 Å². The van der Waals surface area contributed by atoms with Gasteiger partial charge in [-0.1, -0.05) is 43.3 Å². The number of hydrogen-bond donors (Lipinski definition) is 4. The molecule has 2 unspecified atom stereocenters. The Morgan fingerprint density at radius 1 is 1.00 bits per heavy atom. The number of nitrogens with one attached hydrogen (secondary N) is 2. The summed E-state index contributed by atoms with van der Waals surface area (Å²) in [6, 6.07) is 12.2. The molecule has 0 fully saturated rings. The van der Waals surface area contributed by atoms with Crippen molar-refractivity contribution in [3.05, 3.63) is 71.0 Å². The molecule has 0 saturated carbocycles. The van der Waals surface area contributed by atoms with Crippen LogP contribution in [0.4, 0.5) is 17.6 Å². The van der Waals surface area contributed by atoms with Gasteiger partial charge in [0.15, 0.2) is 0 Å². The molecule has 2 aromatic rings. The Kier molecular flexibility index (Phi) is 12.6. The molecular weight excluding hydrogens is 502 g/mol. The second kappa shape index (κ2) is 15.4. The van der Waals surface area contributed by atoms with Crippen LogP contribution >= 0.6 is 0 Å². The number of amides is 2. The first-order valence-corrected chi connectivity index (χ1v) is 12.6. The number of carbonyl (C=O) groups is 2. The van der Waals surface area contributed by atoms with Crippen molar-refractivity contribution in [3.63, 3.8) is 0 Å². The first kappa shape index (κ1) is 31.2. The average molecular weight is 540 g/mol. The number of nitrogens with two attached hydrogens (primary N) is 2. The molecule has 0 aromatic heterocycles. The SMILES string of the molecule is CC(CC(=O)N(CCN)CCN)C(=O)NC(CCc1ccccc1)CNCc1ccc(F)c(C(F)(F)F)c1. The third kappa shape index (κ3) is 10.4. The molecule has 0 spiro atoms. The van der Waals surface area contributed by atoms with Gasteiger partial charge in [-0.25, -0.2) is 4.39 Å². The van der Waals surface area contributed by atoms with Gasteiger partial charge in [0.25, 0.3) is 0 Å². The number of halogens is 4. The average Bonchev–Trinajstić information content (AvgIpc) is 2.87. The predicted octanol–water partition coefficient (Wildman–Crippen LogP) is 2.82. The highest BCUT2D eigenvalue weighted by Crippen LogP contribution is 2.31. The summed E-state index contributed by atoms with van der Waals surface area (Å²) in [6.45, 7) is 3.28. The van der Waals surface area contributed by atoms with Crippen LogP contribution in [-0.4, -0.2) is 55.5 Å².